The van der Waals surface area contributed by atoms with Gasteiger partial charge < -0.3 is 29.6 Å². The zero-order valence-electron chi connectivity index (χ0n) is 22.6. The van der Waals surface area contributed by atoms with E-state index in [0.717, 1.165) is 69.2 Å². The minimum Gasteiger partial charge on any atom is -0.508 e. The molecule has 218 valence electrons. The smallest absolute Gasteiger partial charge is 0.382 e. The summed E-state index contributed by atoms with van der Waals surface area (Å²) < 4.78 is 31.7. The molecule has 2 aromatic carbocycles. The third-order valence-electron chi connectivity index (χ3n) is 6.15. The average Bonchev–Trinajstić information content (AvgIpc) is 2.85. The van der Waals surface area contributed by atoms with Crippen LogP contribution in [0.25, 0.3) is 0 Å². The number of phenols is 1. The summed E-state index contributed by atoms with van der Waals surface area (Å²) in [5, 5.41) is 37.1. The number of rotatable bonds is 19. The normalized spacial score (nSPS) is 12.4. The molecule has 0 aliphatic heterocycles. The molecule has 2 aromatic rings. The number of nitrogens with two attached hydrogens (primary N) is 1. The number of aliphatic hydroxyl groups excluding tert-OH is 2. The van der Waals surface area contributed by atoms with Crippen LogP contribution in [0.3, 0.4) is 0 Å². The van der Waals surface area contributed by atoms with Gasteiger partial charge in [-0.3, -0.25) is 4.79 Å². The van der Waals surface area contributed by atoms with Gasteiger partial charge in [-0.1, -0.05) is 42.7 Å². The van der Waals surface area contributed by atoms with Crippen LogP contribution >= 0.6 is 0 Å². The summed E-state index contributed by atoms with van der Waals surface area (Å²) in [7, 11) is -4.30. The van der Waals surface area contributed by atoms with E-state index < -0.39 is 22.4 Å². The number of unbranched alkanes of at least 4 members (excludes halogenated alkanes) is 4. The summed E-state index contributed by atoms with van der Waals surface area (Å²) in [6, 6.07) is 10.5. The largest absolute Gasteiger partial charge is 0.508 e. The number of carbonyl (C=O) groups excluding carboxylic acids is 1. The van der Waals surface area contributed by atoms with Gasteiger partial charge in [0.2, 0.25) is 0 Å². The molecule has 0 unspecified atom stereocenters. The lowest BCUT2D eigenvalue weighted by Gasteiger charge is -2.14. The van der Waals surface area contributed by atoms with Gasteiger partial charge >= 0.3 is 16.3 Å². The second-order valence-corrected chi connectivity index (χ2v) is 10.9. The first-order valence-electron chi connectivity index (χ1n) is 13.3. The third kappa shape index (κ3) is 13.9. The topological polar surface area (TPSA) is 168 Å². The van der Waals surface area contributed by atoms with Crippen LogP contribution in [0.1, 0.15) is 72.4 Å². The van der Waals surface area contributed by atoms with Crippen LogP contribution < -0.4 is 10.5 Å². The maximum Gasteiger partial charge on any atom is 0.382 e. The molecule has 0 heterocycles. The zero-order valence-corrected chi connectivity index (χ0v) is 23.4. The van der Waals surface area contributed by atoms with Gasteiger partial charge in [0.05, 0.1) is 19.1 Å². The molecule has 0 bridgehead atoms. The number of aromatic hydroxyl groups is 1. The average molecular weight is 567 g/mol. The zero-order chi connectivity index (χ0) is 28.7. The van der Waals surface area contributed by atoms with Gasteiger partial charge in [0.25, 0.3) is 0 Å². The highest BCUT2D eigenvalue weighted by Gasteiger charge is 2.13. The van der Waals surface area contributed by atoms with Gasteiger partial charge in [-0.2, -0.15) is 13.6 Å². The Hall–Kier alpha value is -2.54. The number of aliphatic hydroxyl groups is 2. The van der Waals surface area contributed by atoms with Crippen molar-refractivity contribution in [2.75, 3.05) is 26.3 Å². The number of hydrogen-bond acceptors (Lipinski definition) is 9. The van der Waals surface area contributed by atoms with Crippen molar-refractivity contribution in [3.8, 4) is 5.75 Å². The Labute approximate surface area is 231 Å². The second kappa shape index (κ2) is 17.2. The summed E-state index contributed by atoms with van der Waals surface area (Å²) in [5.41, 5.74) is 3.82. The first-order valence-corrected chi connectivity index (χ1v) is 14.8. The van der Waals surface area contributed by atoms with E-state index in [1.807, 2.05) is 25.1 Å². The van der Waals surface area contributed by atoms with E-state index in [1.54, 1.807) is 12.1 Å². The lowest BCUT2D eigenvalue weighted by atomic mass is 10.0. The molecule has 0 saturated carbocycles. The molecule has 0 saturated heterocycles. The van der Waals surface area contributed by atoms with Crippen LogP contribution in [0.15, 0.2) is 36.4 Å². The maximum absolute atomic E-state index is 11.7. The van der Waals surface area contributed by atoms with E-state index in [4.69, 9.17) is 9.88 Å². The summed E-state index contributed by atoms with van der Waals surface area (Å²) in [6.45, 7) is 4.28. The van der Waals surface area contributed by atoms with Gasteiger partial charge in [-0.25, -0.2) is 0 Å². The van der Waals surface area contributed by atoms with Crippen LogP contribution in [0, 0.1) is 6.92 Å². The standard InChI is InChI=1S/C28H42N2O8S/c1-21-14-22(16-23(15-21)17-28(34)38-39(29,35)36)8-4-7-13-37-12-6-3-2-5-11-30-19-27(33)24-9-10-26(32)25(18-24)20-31/h9-10,14-16,18,27,30-33H,2-8,11-13,17,19-20H2,1H3,(H2,29,35,36)/t27-/m0/s1. The van der Waals surface area contributed by atoms with Crippen molar-refractivity contribution >= 4 is 16.3 Å². The fraction of sp³-hybridized carbons (Fsp3) is 0.536. The van der Waals surface area contributed by atoms with E-state index in [9.17, 15) is 28.5 Å². The van der Waals surface area contributed by atoms with Crippen molar-refractivity contribution in [3.63, 3.8) is 0 Å². The molecule has 39 heavy (non-hydrogen) atoms. The van der Waals surface area contributed by atoms with Crippen molar-refractivity contribution in [3.05, 3.63) is 64.2 Å². The molecule has 0 amide bonds. The van der Waals surface area contributed by atoms with Crippen molar-refractivity contribution in [2.45, 2.75) is 71.0 Å². The summed E-state index contributed by atoms with van der Waals surface area (Å²) in [6.07, 6.45) is 5.98. The SMILES string of the molecule is Cc1cc(CCCCOCCCCCCNC[C@H](O)c2ccc(O)c(CO)c2)cc(CC(=O)OS(N)(=O)=O)c1. The number of aryl methyl sites for hydroxylation is 2. The number of carbonyl (C=O) groups is 1. The third-order valence-corrected chi connectivity index (χ3v) is 6.57. The summed E-state index contributed by atoms with van der Waals surface area (Å²) >= 11 is 0. The fourth-order valence-electron chi connectivity index (χ4n) is 4.26. The summed E-state index contributed by atoms with van der Waals surface area (Å²) in [4.78, 5) is 11.7. The molecule has 0 aliphatic rings. The summed E-state index contributed by atoms with van der Waals surface area (Å²) in [5.74, 6) is -0.878. The van der Waals surface area contributed by atoms with Gasteiger partial charge in [0.1, 0.15) is 5.75 Å². The van der Waals surface area contributed by atoms with Crippen LogP contribution in [0.2, 0.25) is 0 Å². The molecule has 6 N–H and O–H groups in total. The maximum atomic E-state index is 11.7. The van der Waals surface area contributed by atoms with Crippen LogP contribution in [-0.4, -0.2) is 56.0 Å². The van der Waals surface area contributed by atoms with E-state index in [-0.39, 0.29) is 18.8 Å². The fourth-order valence-corrected chi connectivity index (χ4v) is 4.58. The molecule has 11 heteroatoms. The molecule has 0 aromatic heterocycles. The lowest BCUT2D eigenvalue weighted by molar-refractivity contribution is -0.133. The predicted molar refractivity (Wildman–Crippen MR) is 148 cm³/mol. The van der Waals surface area contributed by atoms with E-state index in [1.165, 1.54) is 6.07 Å². The highest BCUT2D eigenvalue weighted by Crippen LogP contribution is 2.22. The Bertz CT molecular complexity index is 1140. The molecule has 1 atom stereocenters. The van der Waals surface area contributed by atoms with Gasteiger partial charge in [-0.05, 0) is 74.4 Å². The van der Waals surface area contributed by atoms with Gasteiger partial charge in [-0.15, -0.1) is 0 Å². The number of hydrogen-bond donors (Lipinski definition) is 5. The lowest BCUT2D eigenvalue weighted by Crippen LogP contribution is -2.22. The van der Waals surface area contributed by atoms with Crippen molar-refractivity contribution in [2.24, 2.45) is 5.14 Å². The Morgan fingerprint density at radius 3 is 2.41 bits per heavy atom. The molecule has 10 nitrogen and oxygen atoms in total. The molecular weight excluding hydrogens is 524 g/mol. The first-order chi connectivity index (χ1) is 18.6. The van der Waals surface area contributed by atoms with E-state index >= 15 is 0 Å². The monoisotopic (exact) mass is 566 g/mol. The molecule has 0 spiro atoms. The minimum absolute atomic E-state index is 0.0240. The number of nitrogens with one attached hydrogen (secondary N) is 1. The minimum atomic E-state index is -4.30. The number of benzene rings is 2. The van der Waals surface area contributed by atoms with E-state index in [0.29, 0.717) is 29.8 Å². The predicted octanol–water partition coefficient (Wildman–Crippen LogP) is 2.71. The van der Waals surface area contributed by atoms with Gasteiger partial charge in [0, 0.05) is 25.3 Å². The number of ether oxygens (including phenoxy) is 1. The highest BCUT2D eigenvalue weighted by molar-refractivity contribution is 7.84. The first kappa shape index (κ1) is 32.7. The molecule has 0 fully saturated rings. The van der Waals surface area contributed by atoms with Crippen LogP contribution in [0.5, 0.6) is 5.75 Å². The molecular formula is C28H42N2O8S. The quantitative estimate of drug-likeness (QED) is 0.161. The molecule has 2 rings (SSSR count). The Balaban J connectivity index is 1.48. The van der Waals surface area contributed by atoms with E-state index in [2.05, 4.69) is 9.50 Å². The van der Waals surface area contributed by atoms with Crippen LogP contribution in [-0.2, 0) is 43.5 Å². The molecule has 0 aliphatic carbocycles. The second-order valence-electron chi connectivity index (χ2n) is 9.70. The Kier molecular flexibility index (Phi) is 14.4. The molecule has 0 radical (unpaired) electrons. The van der Waals surface area contributed by atoms with Gasteiger partial charge in [0.15, 0.2) is 0 Å². The van der Waals surface area contributed by atoms with Crippen LogP contribution in [0.4, 0.5) is 0 Å². The van der Waals surface area contributed by atoms with Crippen molar-refractivity contribution < 1.29 is 37.5 Å². The Morgan fingerprint density at radius 1 is 1.00 bits per heavy atom. The van der Waals surface area contributed by atoms with Crippen molar-refractivity contribution in [1.82, 2.24) is 5.32 Å². The highest BCUT2D eigenvalue weighted by atomic mass is 32.2. The Morgan fingerprint density at radius 2 is 1.69 bits per heavy atom. The van der Waals surface area contributed by atoms with Crippen molar-refractivity contribution in [1.29, 1.82) is 0 Å².